The van der Waals surface area contributed by atoms with Gasteiger partial charge in [-0.05, 0) is 16.7 Å². The van der Waals surface area contributed by atoms with E-state index in [4.69, 9.17) is 0 Å². The summed E-state index contributed by atoms with van der Waals surface area (Å²) >= 11 is 0. The number of Topliss-reactive ketones (excluding diaryl/α,β-unsaturated/α-hetero) is 1. The number of carbonyl (C=O) groups excluding carboxylic acids is 2. The fourth-order valence-electron chi connectivity index (χ4n) is 2.57. The minimum Gasteiger partial charge on any atom is -0.285 e. The Hall–Kier alpha value is -3.00. The van der Waals surface area contributed by atoms with Crippen LogP contribution >= 0.6 is 0 Å². The minimum atomic E-state index is -0.628. The lowest BCUT2D eigenvalue weighted by molar-refractivity contribution is 0.106. The molecule has 3 aromatic rings. The van der Waals surface area contributed by atoms with E-state index in [0.717, 1.165) is 22.3 Å². The van der Waals surface area contributed by atoms with Crippen LogP contribution in [0.25, 0.3) is 22.3 Å². The van der Waals surface area contributed by atoms with Gasteiger partial charge in [0.2, 0.25) is 5.78 Å². The SMILES string of the molecule is O=[C]C(=O)c1cccc(-c2ccccc2)c1-c1ccccc1. The topological polar surface area (TPSA) is 34.1 Å². The Labute approximate surface area is 129 Å². The molecule has 2 nitrogen and oxygen atoms in total. The van der Waals surface area contributed by atoms with Gasteiger partial charge < -0.3 is 0 Å². The van der Waals surface area contributed by atoms with Gasteiger partial charge in [0, 0.05) is 11.1 Å². The highest BCUT2D eigenvalue weighted by Gasteiger charge is 2.17. The van der Waals surface area contributed by atoms with E-state index in [0.29, 0.717) is 5.56 Å². The second-order valence-corrected chi connectivity index (χ2v) is 4.89. The summed E-state index contributed by atoms with van der Waals surface area (Å²) in [4.78, 5) is 22.8. The Morgan fingerprint density at radius 1 is 0.682 bits per heavy atom. The highest BCUT2D eigenvalue weighted by molar-refractivity contribution is 6.35. The Morgan fingerprint density at radius 2 is 1.27 bits per heavy atom. The third-order valence-electron chi connectivity index (χ3n) is 3.55. The molecule has 3 aromatic carbocycles. The molecule has 2 heteroatoms. The largest absolute Gasteiger partial charge is 0.285 e. The first-order valence-corrected chi connectivity index (χ1v) is 6.97. The van der Waals surface area contributed by atoms with Gasteiger partial charge in [-0.2, -0.15) is 0 Å². The van der Waals surface area contributed by atoms with E-state index in [-0.39, 0.29) is 0 Å². The number of carbonyl (C=O) groups is 1. The second kappa shape index (κ2) is 6.19. The maximum Gasteiger partial charge on any atom is 0.277 e. The second-order valence-electron chi connectivity index (χ2n) is 4.89. The van der Waals surface area contributed by atoms with Gasteiger partial charge in [-0.3, -0.25) is 9.59 Å². The molecule has 0 saturated carbocycles. The molecule has 0 amide bonds. The van der Waals surface area contributed by atoms with Crippen molar-refractivity contribution in [3.8, 4) is 22.3 Å². The van der Waals surface area contributed by atoms with Crippen LogP contribution in [0.4, 0.5) is 0 Å². The van der Waals surface area contributed by atoms with Crippen LogP contribution in [0.1, 0.15) is 10.4 Å². The molecule has 0 unspecified atom stereocenters. The Morgan fingerprint density at radius 3 is 1.86 bits per heavy atom. The number of rotatable bonds is 4. The van der Waals surface area contributed by atoms with E-state index in [1.807, 2.05) is 66.7 Å². The number of hydrogen-bond donors (Lipinski definition) is 0. The molecule has 22 heavy (non-hydrogen) atoms. The Kier molecular flexibility index (Phi) is 3.92. The maximum absolute atomic E-state index is 12.0. The zero-order valence-electron chi connectivity index (χ0n) is 11.8. The van der Waals surface area contributed by atoms with Gasteiger partial charge in [-0.1, -0.05) is 78.9 Å². The Balaban J connectivity index is 2.31. The summed E-state index contributed by atoms with van der Waals surface area (Å²) in [5.41, 5.74) is 3.97. The highest BCUT2D eigenvalue weighted by Crippen LogP contribution is 2.34. The first kappa shape index (κ1) is 14.0. The van der Waals surface area contributed by atoms with Gasteiger partial charge in [0.15, 0.2) is 0 Å². The fraction of sp³-hybridized carbons (Fsp3) is 0. The van der Waals surface area contributed by atoms with Gasteiger partial charge in [-0.25, -0.2) is 0 Å². The number of benzene rings is 3. The lowest BCUT2D eigenvalue weighted by Gasteiger charge is -2.13. The lowest BCUT2D eigenvalue weighted by Crippen LogP contribution is -2.03. The molecule has 0 atom stereocenters. The summed E-state index contributed by atoms with van der Waals surface area (Å²) in [5, 5.41) is 0. The third kappa shape index (κ3) is 2.59. The average Bonchev–Trinajstić information content (AvgIpc) is 2.62. The summed E-state index contributed by atoms with van der Waals surface area (Å²) in [6, 6.07) is 24.8. The van der Waals surface area contributed by atoms with Crippen LogP contribution in [-0.2, 0) is 4.79 Å². The van der Waals surface area contributed by atoms with Crippen LogP contribution in [0, 0.1) is 0 Å². The average molecular weight is 285 g/mol. The molecule has 0 bridgehead atoms. The predicted octanol–water partition coefficient (Wildman–Crippen LogP) is 4.31. The van der Waals surface area contributed by atoms with Crippen molar-refractivity contribution >= 4 is 12.1 Å². The molecule has 1 radical (unpaired) electrons. The molecule has 0 saturated heterocycles. The van der Waals surface area contributed by atoms with Crippen molar-refractivity contribution in [2.75, 3.05) is 0 Å². The Bertz CT molecular complexity index is 806. The molecule has 3 rings (SSSR count). The fourth-order valence-corrected chi connectivity index (χ4v) is 2.57. The maximum atomic E-state index is 12.0. The molecule has 0 aromatic heterocycles. The first-order chi connectivity index (χ1) is 10.8. The number of hydrogen-bond acceptors (Lipinski definition) is 2. The van der Waals surface area contributed by atoms with Crippen LogP contribution in [0.3, 0.4) is 0 Å². The smallest absolute Gasteiger partial charge is 0.277 e. The zero-order valence-corrected chi connectivity index (χ0v) is 11.8. The van der Waals surface area contributed by atoms with E-state index in [1.165, 1.54) is 6.29 Å². The van der Waals surface area contributed by atoms with Gasteiger partial charge in [-0.15, -0.1) is 0 Å². The summed E-state index contributed by atoms with van der Waals surface area (Å²) in [6.45, 7) is 0. The monoisotopic (exact) mass is 285 g/mol. The van der Waals surface area contributed by atoms with E-state index in [2.05, 4.69) is 0 Å². The van der Waals surface area contributed by atoms with Gasteiger partial charge in [0.25, 0.3) is 6.29 Å². The molecule has 0 spiro atoms. The van der Waals surface area contributed by atoms with Crippen molar-refractivity contribution in [3.05, 3.63) is 84.4 Å². The molecule has 105 valence electrons. The van der Waals surface area contributed by atoms with Crippen LogP contribution in [0.15, 0.2) is 78.9 Å². The van der Waals surface area contributed by atoms with Crippen molar-refractivity contribution in [1.29, 1.82) is 0 Å². The predicted molar refractivity (Wildman–Crippen MR) is 87.3 cm³/mol. The summed E-state index contributed by atoms with van der Waals surface area (Å²) in [7, 11) is 0. The molecule has 0 aliphatic rings. The van der Waals surface area contributed by atoms with Gasteiger partial charge in [0.1, 0.15) is 0 Å². The molecular weight excluding hydrogens is 272 g/mol. The first-order valence-electron chi connectivity index (χ1n) is 6.97. The normalized spacial score (nSPS) is 10.2. The standard InChI is InChI=1S/C20H13O2/c21-14-19(22)18-13-7-12-17(15-8-3-1-4-9-15)20(18)16-10-5-2-6-11-16/h1-13H. The summed E-state index contributed by atoms with van der Waals surface area (Å²) < 4.78 is 0. The van der Waals surface area contributed by atoms with Crippen molar-refractivity contribution in [2.45, 2.75) is 0 Å². The number of ketones is 1. The highest BCUT2D eigenvalue weighted by atomic mass is 16.2. The molecule has 0 aliphatic carbocycles. The van der Waals surface area contributed by atoms with Gasteiger partial charge >= 0.3 is 0 Å². The lowest BCUT2D eigenvalue weighted by atomic mass is 9.89. The van der Waals surface area contributed by atoms with Crippen LogP contribution in [0.5, 0.6) is 0 Å². The van der Waals surface area contributed by atoms with Crippen molar-refractivity contribution < 1.29 is 9.59 Å². The van der Waals surface area contributed by atoms with Crippen LogP contribution < -0.4 is 0 Å². The molecule has 0 fully saturated rings. The minimum absolute atomic E-state index is 0.377. The van der Waals surface area contributed by atoms with Crippen molar-refractivity contribution in [2.24, 2.45) is 0 Å². The van der Waals surface area contributed by atoms with Crippen molar-refractivity contribution in [1.82, 2.24) is 0 Å². The zero-order chi connectivity index (χ0) is 15.4. The molecule has 0 heterocycles. The molecular formula is C20H13O2. The summed E-state index contributed by atoms with van der Waals surface area (Å²) in [6.07, 6.45) is 1.48. The molecule has 0 aliphatic heterocycles. The van der Waals surface area contributed by atoms with E-state index < -0.39 is 5.78 Å². The van der Waals surface area contributed by atoms with E-state index >= 15 is 0 Å². The van der Waals surface area contributed by atoms with E-state index in [9.17, 15) is 9.59 Å². The summed E-state index contributed by atoms with van der Waals surface area (Å²) in [5.74, 6) is -0.628. The third-order valence-corrected chi connectivity index (χ3v) is 3.55. The van der Waals surface area contributed by atoms with Gasteiger partial charge in [0.05, 0.1) is 0 Å². The van der Waals surface area contributed by atoms with Crippen LogP contribution in [-0.4, -0.2) is 12.1 Å². The van der Waals surface area contributed by atoms with Crippen molar-refractivity contribution in [3.63, 3.8) is 0 Å². The quantitative estimate of drug-likeness (QED) is 0.528. The van der Waals surface area contributed by atoms with E-state index in [1.54, 1.807) is 12.1 Å². The molecule has 0 N–H and O–H groups in total. The van der Waals surface area contributed by atoms with Crippen LogP contribution in [0.2, 0.25) is 0 Å².